The number of rotatable bonds is 5. The largest absolute Gasteiger partial charge is 0.385 e. The van der Waals surface area contributed by atoms with Gasteiger partial charge in [-0.1, -0.05) is 12.1 Å². The van der Waals surface area contributed by atoms with E-state index >= 15 is 0 Å². The Morgan fingerprint density at radius 1 is 1.50 bits per heavy atom. The van der Waals surface area contributed by atoms with Crippen LogP contribution in [0.3, 0.4) is 0 Å². The summed E-state index contributed by atoms with van der Waals surface area (Å²) in [6, 6.07) is 7.56. The summed E-state index contributed by atoms with van der Waals surface area (Å²) >= 11 is 1.75. The number of benzene rings is 1. The van der Waals surface area contributed by atoms with Gasteiger partial charge in [-0.25, -0.2) is 0 Å². The van der Waals surface area contributed by atoms with E-state index in [-0.39, 0.29) is 18.6 Å². The number of carbonyl (C=O) groups excluding carboxylic acids is 1. The number of ether oxygens (including phenoxy) is 1. The van der Waals surface area contributed by atoms with Gasteiger partial charge in [0.05, 0.1) is 6.10 Å². The molecular weight excluding hydrogens is 274 g/mol. The van der Waals surface area contributed by atoms with E-state index in [1.165, 1.54) is 5.56 Å². The van der Waals surface area contributed by atoms with Crippen molar-refractivity contribution < 1.29 is 14.6 Å². The molecule has 2 rings (SSSR count). The third-order valence-electron chi connectivity index (χ3n) is 3.74. The molecule has 1 amide bonds. The van der Waals surface area contributed by atoms with Gasteiger partial charge in [0.15, 0.2) is 0 Å². The van der Waals surface area contributed by atoms with Crippen LogP contribution in [-0.2, 0) is 10.5 Å². The highest BCUT2D eigenvalue weighted by Gasteiger charge is 2.39. The fraction of sp³-hybridized carbons (Fsp3) is 0.533. The van der Waals surface area contributed by atoms with E-state index in [2.05, 4.69) is 5.32 Å². The van der Waals surface area contributed by atoms with Gasteiger partial charge in [0.25, 0.3) is 5.91 Å². The van der Waals surface area contributed by atoms with Crippen molar-refractivity contribution in [3.8, 4) is 0 Å². The molecule has 1 heterocycles. The maximum atomic E-state index is 12.1. The number of amides is 1. The second-order valence-corrected chi connectivity index (χ2v) is 6.05. The summed E-state index contributed by atoms with van der Waals surface area (Å²) in [5.74, 6) is 0.782. The summed E-state index contributed by atoms with van der Waals surface area (Å²) in [7, 11) is 0. The zero-order valence-electron chi connectivity index (χ0n) is 11.9. The molecule has 0 radical (unpaired) electrons. The van der Waals surface area contributed by atoms with Gasteiger partial charge in [0.1, 0.15) is 5.60 Å². The molecule has 2 unspecified atom stereocenters. The molecule has 1 saturated heterocycles. The van der Waals surface area contributed by atoms with Crippen LogP contribution in [0.4, 0.5) is 0 Å². The van der Waals surface area contributed by atoms with Crippen molar-refractivity contribution in [2.75, 3.05) is 19.4 Å². The molecule has 1 aliphatic heterocycles. The van der Waals surface area contributed by atoms with Gasteiger partial charge in [-0.15, -0.1) is 0 Å². The predicted molar refractivity (Wildman–Crippen MR) is 81.0 cm³/mol. The first-order valence-electron chi connectivity index (χ1n) is 6.75. The Hall–Kier alpha value is -1.04. The van der Waals surface area contributed by atoms with E-state index in [1.54, 1.807) is 11.8 Å². The van der Waals surface area contributed by atoms with Crippen molar-refractivity contribution in [3.05, 3.63) is 35.4 Å². The van der Waals surface area contributed by atoms with Gasteiger partial charge in [0, 0.05) is 30.9 Å². The first-order chi connectivity index (χ1) is 9.55. The van der Waals surface area contributed by atoms with Crippen molar-refractivity contribution in [3.63, 3.8) is 0 Å². The van der Waals surface area contributed by atoms with Crippen molar-refractivity contribution in [2.45, 2.75) is 30.8 Å². The van der Waals surface area contributed by atoms with Crippen LogP contribution in [0.5, 0.6) is 0 Å². The molecule has 2 atom stereocenters. The van der Waals surface area contributed by atoms with Gasteiger partial charge < -0.3 is 15.2 Å². The molecule has 1 fully saturated rings. The van der Waals surface area contributed by atoms with Gasteiger partial charge in [-0.2, -0.15) is 11.8 Å². The van der Waals surface area contributed by atoms with E-state index < -0.39 is 5.60 Å². The molecular formula is C15H21NO3S. The van der Waals surface area contributed by atoms with Crippen LogP contribution in [0.2, 0.25) is 0 Å². The van der Waals surface area contributed by atoms with Crippen molar-refractivity contribution in [2.24, 2.45) is 0 Å². The Labute approximate surface area is 123 Å². The lowest BCUT2D eigenvalue weighted by atomic mass is 9.96. The second kappa shape index (κ2) is 6.61. The average Bonchev–Trinajstić information content (AvgIpc) is 2.78. The average molecular weight is 295 g/mol. The smallest absolute Gasteiger partial charge is 0.251 e. The molecule has 1 aromatic rings. The van der Waals surface area contributed by atoms with Gasteiger partial charge in [-0.3, -0.25) is 4.79 Å². The summed E-state index contributed by atoms with van der Waals surface area (Å²) in [5, 5.41) is 13.1. The van der Waals surface area contributed by atoms with Crippen LogP contribution in [-0.4, -0.2) is 42.1 Å². The van der Waals surface area contributed by atoms with Crippen LogP contribution in [0.15, 0.2) is 24.3 Å². The number of nitrogens with one attached hydrogen (secondary N) is 1. The molecule has 5 heteroatoms. The highest BCUT2D eigenvalue weighted by molar-refractivity contribution is 7.97. The molecule has 0 aliphatic carbocycles. The predicted octanol–water partition coefficient (Wildman–Crippen LogP) is 1.82. The topological polar surface area (TPSA) is 58.6 Å². The highest BCUT2D eigenvalue weighted by atomic mass is 32.2. The fourth-order valence-corrected chi connectivity index (χ4v) is 2.78. The lowest BCUT2D eigenvalue weighted by Crippen LogP contribution is -2.47. The first-order valence-corrected chi connectivity index (χ1v) is 8.14. The van der Waals surface area contributed by atoms with E-state index in [0.717, 1.165) is 5.75 Å². The molecule has 2 N–H and O–H groups in total. The lowest BCUT2D eigenvalue weighted by molar-refractivity contribution is -0.0251. The van der Waals surface area contributed by atoms with E-state index in [1.807, 2.05) is 37.4 Å². The number of aliphatic hydroxyl groups is 1. The molecule has 0 spiro atoms. The maximum absolute atomic E-state index is 12.1. The first kappa shape index (κ1) is 15.4. The van der Waals surface area contributed by atoms with Crippen LogP contribution in [0, 0.1) is 0 Å². The highest BCUT2D eigenvalue weighted by Crippen LogP contribution is 2.24. The minimum Gasteiger partial charge on any atom is -0.385 e. The van der Waals surface area contributed by atoms with Crippen LogP contribution in [0.1, 0.15) is 29.3 Å². The van der Waals surface area contributed by atoms with E-state index in [9.17, 15) is 9.90 Å². The molecule has 1 aliphatic rings. The molecule has 0 bridgehead atoms. The number of thioether (sulfide) groups is 1. The quantitative estimate of drug-likeness (QED) is 0.870. The fourth-order valence-electron chi connectivity index (χ4n) is 2.26. The van der Waals surface area contributed by atoms with Crippen molar-refractivity contribution >= 4 is 17.7 Å². The summed E-state index contributed by atoms with van der Waals surface area (Å²) in [6.07, 6.45) is 2.36. The maximum Gasteiger partial charge on any atom is 0.251 e. The van der Waals surface area contributed by atoms with Crippen LogP contribution < -0.4 is 5.32 Å². The Bertz CT molecular complexity index is 463. The second-order valence-electron chi connectivity index (χ2n) is 5.18. The van der Waals surface area contributed by atoms with Crippen molar-refractivity contribution in [1.82, 2.24) is 5.32 Å². The molecule has 4 nitrogen and oxygen atoms in total. The minimum absolute atomic E-state index is 0.159. The van der Waals surface area contributed by atoms with Gasteiger partial charge in [-0.05, 0) is 30.9 Å². The van der Waals surface area contributed by atoms with Gasteiger partial charge >= 0.3 is 0 Å². The van der Waals surface area contributed by atoms with E-state index in [0.29, 0.717) is 18.6 Å². The summed E-state index contributed by atoms with van der Waals surface area (Å²) in [4.78, 5) is 12.1. The number of hydrogen-bond acceptors (Lipinski definition) is 4. The Kier molecular flexibility index (Phi) is 5.07. The van der Waals surface area contributed by atoms with E-state index in [4.69, 9.17) is 4.74 Å². The Morgan fingerprint density at radius 2 is 2.20 bits per heavy atom. The monoisotopic (exact) mass is 295 g/mol. The lowest BCUT2D eigenvalue weighted by Gasteiger charge is -2.26. The third kappa shape index (κ3) is 3.53. The molecule has 20 heavy (non-hydrogen) atoms. The number of carbonyl (C=O) groups is 1. The third-order valence-corrected chi connectivity index (χ3v) is 4.36. The molecule has 110 valence electrons. The molecule has 1 aromatic carbocycles. The summed E-state index contributed by atoms with van der Waals surface area (Å²) in [6.45, 7) is 2.59. The van der Waals surface area contributed by atoms with Crippen LogP contribution in [0.25, 0.3) is 0 Å². The van der Waals surface area contributed by atoms with Gasteiger partial charge in [0.2, 0.25) is 0 Å². The molecule has 0 aromatic heterocycles. The van der Waals surface area contributed by atoms with Crippen LogP contribution >= 0.6 is 11.8 Å². The summed E-state index contributed by atoms with van der Waals surface area (Å²) < 4.78 is 5.35. The zero-order chi connectivity index (χ0) is 14.6. The minimum atomic E-state index is -0.950. The zero-order valence-corrected chi connectivity index (χ0v) is 12.7. The SMILES string of the molecule is CSCc1ccc(C(=O)NCC2(O)CCOC2C)cc1. The Morgan fingerprint density at radius 3 is 2.75 bits per heavy atom. The standard InChI is InChI=1S/C15H21NO3S/c1-11-15(18,7-8-19-11)10-16-14(17)13-5-3-12(4-6-13)9-20-2/h3-6,11,18H,7-10H2,1-2H3,(H,16,17). The normalized spacial score (nSPS) is 25.6. The Balaban J connectivity index is 1.91. The molecule has 0 saturated carbocycles. The number of hydrogen-bond donors (Lipinski definition) is 2. The summed E-state index contributed by atoms with van der Waals surface area (Å²) in [5.41, 5.74) is 0.865. The van der Waals surface area contributed by atoms with Crippen molar-refractivity contribution in [1.29, 1.82) is 0 Å².